The van der Waals surface area contributed by atoms with Crippen LogP contribution in [0.1, 0.15) is 34.1 Å². The lowest BCUT2D eigenvalue weighted by Gasteiger charge is -2.12. The maximum atomic E-state index is 11.8. The molecule has 5 nitrogen and oxygen atoms in total. The maximum absolute atomic E-state index is 11.8. The van der Waals surface area contributed by atoms with Gasteiger partial charge in [0.1, 0.15) is 5.92 Å². The number of allylic oxidation sites excluding steroid dienone is 2. The van der Waals surface area contributed by atoms with Gasteiger partial charge in [0.05, 0.1) is 13.2 Å². The number of ketones is 1. The zero-order valence-corrected chi connectivity index (χ0v) is 11.3. The number of esters is 2. The molecular weight excluding hydrogens is 236 g/mol. The molecule has 102 valence electrons. The Balaban J connectivity index is 4.85. The van der Waals surface area contributed by atoms with Crippen LogP contribution in [0.3, 0.4) is 0 Å². The molecule has 0 spiro atoms. The van der Waals surface area contributed by atoms with Crippen molar-refractivity contribution in [2.45, 2.75) is 34.1 Å². The van der Waals surface area contributed by atoms with E-state index >= 15 is 0 Å². The SMILES string of the molecule is CCOC(=O)C(=O)C(CC=C(C)C)C(=O)OCC. The van der Waals surface area contributed by atoms with Crippen molar-refractivity contribution in [1.82, 2.24) is 0 Å². The standard InChI is InChI=1S/C13H20O5/c1-5-17-12(15)10(8-7-9(3)4)11(14)13(16)18-6-2/h7,10H,5-6,8H2,1-4H3. The van der Waals surface area contributed by atoms with E-state index in [-0.39, 0.29) is 19.6 Å². The van der Waals surface area contributed by atoms with Crippen molar-refractivity contribution < 1.29 is 23.9 Å². The normalized spacial score (nSPS) is 11.3. The molecule has 0 saturated heterocycles. The zero-order valence-electron chi connectivity index (χ0n) is 11.3. The van der Waals surface area contributed by atoms with Crippen molar-refractivity contribution in [3.8, 4) is 0 Å². The first-order valence-corrected chi connectivity index (χ1v) is 5.94. The molecule has 0 radical (unpaired) electrons. The van der Waals surface area contributed by atoms with E-state index in [0.29, 0.717) is 0 Å². The Morgan fingerprint density at radius 2 is 1.61 bits per heavy atom. The molecule has 0 aliphatic carbocycles. The fourth-order valence-corrected chi connectivity index (χ4v) is 1.25. The van der Waals surface area contributed by atoms with Crippen LogP contribution in [-0.4, -0.2) is 30.9 Å². The van der Waals surface area contributed by atoms with Gasteiger partial charge in [-0.2, -0.15) is 0 Å². The Labute approximate surface area is 107 Å². The summed E-state index contributed by atoms with van der Waals surface area (Å²) < 4.78 is 9.39. The summed E-state index contributed by atoms with van der Waals surface area (Å²) in [7, 11) is 0. The van der Waals surface area contributed by atoms with Crippen LogP contribution in [0.15, 0.2) is 11.6 Å². The second kappa shape index (κ2) is 8.44. The molecule has 0 bridgehead atoms. The fraction of sp³-hybridized carbons (Fsp3) is 0.615. The lowest BCUT2D eigenvalue weighted by atomic mass is 9.99. The Kier molecular flexibility index (Phi) is 7.67. The first kappa shape index (κ1) is 16.4. The first-order chi connectivity index (χ1) is 8.43. The van der Waals surface area contributed by atoms with E-state index in [1.807, 2.05) is 13.8 Å². The van der Waals surface area contributed by atoms with Crippen molar-refractivity contribution in [2.75, 3.05) is 13.2 Å². The van der Waals surface area contributed by atoms with Crippen molar-refractivity contribution in [2.24, 2.45) is 5.92 Å². The van der Waals surface area contributed by atoms with E-state index in [0.717, 1.165) is 5.57 Å². The summed E-state index contributed by atoms with van der Waals surface area (Å²) in [6.07, 6.45) is 1.87. The van der Waals surface area contributed by atoms with E-state index in [2.05, 4.69) is 4.74 Å². The average Bonchev–Trinajstić information content (AvgIpc) is 2.29. The molecule has 18 heavy (non-hydrogen) atoms. The molecule has 0 aromatic rings. The Morgan fingerprint density at radius 3 is 2.06 bits per heavy atom. The molecule has 1 unspecified atom stereocenters. The highest BCUT2D eigenvalue weighted by molar-refractivity contribution is 6.37. The molecule has 0 aliphatic rings. The summed E-state index contributed by atoms with van der Waals surface area (Å²) in [4.78, 5) is 34.7. The van der Waals surface area contributed by atoms with Crippen LogP contribution in [-0.2, 0) is 23.9 Å². The topological polar surface area (TPSA) is 69.7 Å². The number of carbonyl (C=O) groups is 3. The van der Waals surface area contributed by atoms with Gasteiger partial charge in [0.25, 0.3) is 5.78 Å². The van der Waals surface area contributed by atoms with Gasteiger partial charge in [-0.3, -0.25) is 9.59 Å². The number of rotatable bonds is 7. The molecule has 0 aliphatic heterocycles. The van der Waals surface area contributed by atoms with Crippen LogP contribution < -0.4 is 0 Å². The zero-order chi connectivity index (χ0) is 14.1. The third-order valence-corrected chi connectivity index (χ3v) is 2.13. The number of ether oxygens (including phenoxy) is 2. The van der Waals surface area contributed by atoms with Gasteiger partial charge in [-0.1, -0.05) is 11.6 Å². The van der Waals surface area contributed by atoms with Gasteiger partial charge in [0, 0.05) is 0 Å². The molecule has 0 amide bonds. The minimum absolute atomic E-state index is 0.1000. The predicted octanol–water partition coefficient (Wildman–Crippen LogP) is 1.65. The summed E-state index contributed by atoms with van der Waals surface area (Å²) >= 11 is 0. The largest absolute Gasteiger partial charge is 0.465 e. The van der Waals surface area contributed by atoms with Crippen molar-refractivity contribution in [3.05, 3.63) is 11.6 Å². The first-order valence-electron chi connectivity index (χ1n) is 5.94. The van der Waals surface area contributed by atoms with Crippen molar-refractivity contribution >= 4 is 17.7 Å². The van der Waals surface area contributed by atoms with E-state index in [1.165, 1.54) is 0 Å². The smallest absolute Gasteiger partial charge is 0.375 e. The molecule has 0 heterocycles. The number of hydrogen-bond donors (Lipinski definition) is 0. The lowest BCUT2D eigenvalue weighted by Crippen LogP contribution is -2.32. The van der Waals surface area contributed by atoms with Gasteiger partial charge in [-0.25, -0.2) is 4.79 Å². The van der Waals surface area contributed by atoms with Crippen molar-refractivity contribution in [1.29, 1.82) is 0 Å². The minimum Gasteiger partial charge on any atom is -0.465 e. The quantitative estimate of drug-likeness (QED) is 0.300. The van der Waals surface area contributed by atoms with Crippen LogP contribution in [0.5, 0.6) is 0 Å². The lowest BCUT2D eigenvalue weighted by molar-refractivity contribution is -0.161. The van der Waals surface area contributed by atoms with E-state index in [4.69, 9.17) is 4.74 Å². The minimum atomic E-state index is -1.11. The molecule has 0 fully saturated rings. The molecule has 1 atom stereocenters. The van der Waals surface area contributed by atoms with E-state index in [1.54, 1.807) is 19.9 Å². The van der Waals surface area contributed by atoms with E-state index in [9.17, 15) is 14.4 Å². The summed E-state index contributed by atoms with van der Waals surface area (Å²) in [5.41, 5.74) is 0.959. The highest BCUT2D eigenvalue weighted by Gasteiger charge is 2.32. The summed E-state index contributed by atoms with van der Waals surface area (Å²) in [6.45, 7) is 7.20. The third kappa shape index (κ3) is 5.61. The second-order valence-corrected chi connectivity index (χ2v) is 3.91. The van der Waals surface area contributed by atoms with Gasteiger partial charge in [-0.05, 0) is 34.1 Å². The number of hydrogen-bond acceptors (Lipinski definition) is 5. The fourth-order valence-electron chi connectivity index (χ4n) is 1.25. The molecule has 0 N–H and O–H groups in total. The van der Waals surface area contributed by atoms with Gasteiger partial charge in [-0.15, -0.1) is 0 Å². The summed E-state index contributed by atoms with van der Waals surface area (Å²) in [5.74, 6) is -3.64. The van der Waals surface area contributed by atoms with Crippen LogP contribution >= 0.6 is 0 Å². The highest BCUT2D eigenvalue weighted by atomic mass is 16.5. The molecule has 5 heteroatoms. The van der Waals surface area contributed by atoms with Gasteiger partial charge in [0.2, 0.25) is 0 Å². The van der Waals surface area contributed by atoms with Crippen molar-refractivity contribution in [3.63, 3.8) is 0 Å². The Bertz CT molecular complexity index is 339. The van der Waals surface area contributed by atoms with Gasteiger partial charge < -0.3 is 9.47 Å². The summed E-state index contributed by atoms with van der Waals surface area (Å²) in [5, 5.41) is 0. The Hall–Kier alpha value is -1.65. The second-order valence-electron chi connectivity index (χ2n) is 3.91. The summed E-state index contributed by atoms with van der Waals surface area (Å²) in [6, 6.07) is 0. The predicted molar refractivity (Wildman–Crippen MR) is 65.8 cm³/mol. The highest BCUT2D eigenvalue weighted by Crippen LogP contribution is 2.11. The maximum Gasteiger partial charge on any atom is 0.375 e. The van der Waals surface area contributed by atoms with Gasteiger partial charge >= 0.3 is 11.9 Å². The van der Waals surface area contributed by atoms with Gasteiger partial charge in [0.15, 0.2) is 0 Å². The molecule has 0 saturated carbocycles. The van der Waals surface area contributed by atoms with Crippen LogP contribution in [0.4, 0.5) is 0 Å². The van der Waals surface area contributed by atoms with E-state index < -0.39 is 23.6 Å². The van der Waals surface area contributed by atoms with Crippen LogP contribution in [0.2, 0.25) is 0 Å². The number of carbonyl (C=O) groups excluding carboxylic acids is 3. The Morgan fingerprint density at radius 1 is 1.06 bits per heavy atom. The average molecular weight is 256 g/mol. The van der Waals surface area contributed by atoms with Crippen LogP contribution in [0, 0.1) is 5.92 Å². The molecular formula is C13H20O5. The molecule has 0 rings (SSSR count). The number of Topliss-reactive ketones (excluding diaryl/α,β-unsaturated/α-hetero) is 1. The van der Waals surface area contributed by atoms with Crippen LogP contribution in [0.25, 0.3) is 0 Å². The third-order valence-electron chi connectivity index (χ3n) is 2.13. The monoisotopic (exact) mass is 256 g/mol. The molecule has 0 aromatic carbocycles. The molecule has 0 aromatic heterocycles.